The molecule has 3 aromatic rings. The minimum atomic E-state index is -0.263. The monoisotopic (exact) mass is 340 g/mol. The van der Waals surface area contributed by atoms with Crippen molar-refractivity contribution in [2.24, 2.45) is 0 Å². The van der Waals surface area contributed by atoms with E-state index < -0.39 is 0 Å². The maximum absolute atomic E-state index is 12.3. The standard InChI is InChI=1S/C19H20N2O2S/c1-13(15-8-4-3-5-9-15)12-20-18(22)14(2)24-19-21-16-10-6-7-11-17(16)23-19/h3-11,13-14H,12H2,1-2H3,(H,20,22)/t13-,14-/m0/s1. The van der Waals surface area contributed by atoms with E-state index in [-0.39, 0.29) is 17.1 Å². The first-order valence-corrected chi connectivity index (χ1v) is 8.86. The number of carbonyl (C=O) groups excluding carboxylic acids is 1. The summed E-state index contributed by atoms with van der Waals surface area (Å²) in [6, 6.07) is 17.8. The minimum Gasteiger partial charge on any atom is -0.431 e. The third-order valence-electron chi connectivity index (χ3n) is 3.87. The van der Waals surface area contributed by atoms with Crippen molar-refractivity contribution >= 4 is 28.8 Å². The number of nitrogens with one attached hydrogen (secondary N) is 1. The number of hydrogen-bond acceptors (Lipinski definition) is 4. The summed E-state index contributed by atoms with van der Waals surface area (Å²) in [6.07, 6.45) is 0. The Labute approximate surface area is 145 Å². The highest BCUT2D eigenvalue weighted by atomic mass is 32.2. The number of thioether (sulfide) groups is 1. The fourth-order valence-electron chi connectivity index (χ4n) is 2.40. The Hall–Kier alpha value is -2.27. The predicted molar refractivity (Wildman–Crippen MR) is 97.2 cm³/mol. The number of benzene rings is 2. The van der Waals surface area contributed by atoms with E-state index in [9.17, 15) is 4.79 Å². The average molecular weight is 340 g/mol. The zero-order valence-corrected chi connectivity index (χ0v) is 14.5. The third kappa shape index (κ3) is 3.97. The molecule has 124 valence electrons. The number of fused-ring (bicyclic) bond motifs is 1. The molecule has 0 aliphatic carbocycles. The van der Waals surface area contributed by atoms with E-state index in [2.05, 4.69) is 29.4 Å². The summed E-state index contributed by atoms with van der Waals surface area (Å²) < 4.78 is 5.66. The molecule has 1 aromatic heterocycles. The van der Waals surface area contributed by atoms with Crippen molar-refractivity contribution in [3.8, 4) is 0 Å². The van der Waals surface area contributed by atoms with Gasteiger partial charge in [0.05, 0.1) is 5.25 Å². The van der Waals surface area contributed by atoms with Crippen LogP contribution in [0.2, 0.25) is 0 Å². The van der Waals surface area contributed by atoms with Crippen LogP contribution in [0.5, 0.6) is 0 Å². The van der Waals surface area contributed by atoms with Gasteiger partial charge in [-0.2, -0.15) is 0 Å². The maximum atomic E-state index is 12.3. The smallest absolute Gasteiger partial charge is 0.257 e. The highest BCUT2D eigenvalue weighted by molar-refractivity contribution is 8.00. The fourth-order valence-corrected chi connectivity index (χ4v) is 3.18. The quantitative estimate of drug-likeness (QED) is 0.682. The van der Waals surface area contributed by atoms with Gasteiger partial charge in [0.25, 0.3) is 5.22 Å². The van der Waals surface area contributed by atoms with Crippen LogP contribution in [0.25, 0.3) is 11.1 Å². The van der Waals surface area contributed by atoms with Crippen LogP contribution < -0.4 is 5.32 Å². The molecule has 0 unspecified atom stereocenters. The van der Waals surface area contributed by atoms with Crippen LogP contribution in [-0.2, 0) is 4.79 Å². The molecule has 5 heteroatoms. The summed E-state index contributed by atoms with van der Waals surface area (Å²) in [5, 5.41) is 3.27. The Morgan fingerprint density at radius 2 is 1.83 bits per heavy atom. The molecule has 24 heavy (non-hydrogen) atoms. The lowest BCUT2D eigenvalue weighted by molar-refractivity contribution is -0.120. The van der Waals surface area contributed by atoms with E-state index in [1.807, 2.05) is 49.4 Å². The predicted octanol–water partition coefficient (Wildman–Crippen LogP) is 4.23. The molecule has 0 spiro atoms. The number of amides is 1. The summed E-state index contributed by atoms with van der Waals surface area (Å²) in [5.74, 6) is 0.265. The lowest BCUT2D eigenvalue weighted by Crippen LogP contribution is -2.33. The molecule has 0 aliphatic rings. The molecule has 3 rings (SSSR count). The molecule has 0 aliphatic heterocycles. The lowest BCUT2D eigenvalue weighted by Gasteiger charge is -2.15. The van der Waals surface area contributed by atoms with Crippen LogP contribution in [-0.4, -0.2) is 22.7 Å². The first-order chi connectivity index (χ1) is 11.6. The molecule has 0 radical (unpaired) electrons. The Kier molecular flexibility index (Phi) is 5.20. The maximum Gasteiger partial charge on any atom is 0.257 e. The van der Waals surface area contributed by atoms with Gasteiger partial charge in [0.1, 0.15) is 5.52 Å². The zero-order valence-electron chi connectivity index (χ0n) is 13.7. The van der Waals surface area contributed by atoms with E-state index in [1.54, 1.807) is 0 Å². The Balaban J connectivity index is 1.54. The van der Waals surface area contributed by atoms with Crippen molar-refractivity contribution in [3.63, 3.8) is 0 Å². The van der Waals surface area contributed by atoms with Crippen LogP contribution in [0, 0.1) is 0 Å². The zero-order chi connectivity index (χ0) is 16.9. The van der Waals surface area contributed by atoms with Gasteiger partial charge in [0.15, 0.2) is 5.58 Å². The summed E-state index contributed by atoms with van der Waals surface area (Å²) in [4.78, 5) is 16.7. The molecule has 0 saturated carbocycles. The molecule has 0 fully saturated rings. The first kappa shape index (κ1) is 16.6. The number of para-hydroxylation sites is 2. The number of nitrogens with zero attached hydrogens (tertiary/aromatic N) is 1. The molecule has 1 N–H and O–H groups in total. The van der Waals surface area contributed by atoms with Crippen molar-refractivity contribution in [2.75, 3.05) is 6.54 Å². The third-order valence-corrected chi connectivity index (χ3v) is 4.82. The number of rotatable bonds is 6. The summed E-state index contributed by atoms with van der Waals surface area (Å²) in [6.45, 7) is 4.58. The fraction of sp³-hybridized carbons (Fsp3) is 0.263. The number of carbonyl (C=O) groups is 1. The second-order valence-corrected chi connectivity index (χ2v) is 7.06. The van der Waals surface area contributed by atoms with Gasteiger partial charge < -0.3 is 9.73 Å². The topological polar surface area (TPSA) is 55.1 Å². The van der Waals surface area contributed by atoms with Crippen LogP contribution in [0.15, 0.2) is 64.2 Å². The highest BCUT2D eigenvalue weighted by Gasteiger charge is 2.18. The van der Waals surface area contributed by atoms with Gasteiger partial charge in [-0.15, -0.1) is 0 Å². The molecule has 1 amide bonds. The average Bonchev–Trinajstić information content (AvgIpc) is 3.02. The number of hydrogen-bond donors (Lipinski definition) is 1. The van der Waals surface area contributed by atoms with Gasteiger partial charge >= 0.3 is 0 Å². The van der Waals surface area contributed by atoms with E-state index in [1.165, 1.54) is 17.3 Å². The van der Waals surface area contributed by atoms with Gasteiger partial charge in [-0.3, -0.25) is 4.79 Å². The van der Waals surface area contributed by atoms with Crippen molar-refractivity contribution in [1.82, 2.24) is 10.3 Å². The van der Waals surface area contributed by atoms with E-state index in [0.717, 1.165) is 11.1 Å². The molecule has 0 bridgehead atoms. The molecule has 1 heterocycles. The largest absolute Gasteiger partial charge is 0.431 e. The molecule has 4 nitrogen and oxygen atoms in total. The minimum absolute atomic E-state index is 0.00922. The van der Waals surface area contributed by atoms with Gasteiger partial charge in [-0.1, -0.05) is 61.2 Å². The van der Waals surface area contributed by atoms with Crippen LogP contribution in [0.4, 0.5) is 0 Å². The van der Waals surface area contributed by atoms with Crippen molar-refractivity contribution in [3.05, 3.63) is 60.2 Å². The second-order valence-electron chi connectivity index (χ2n) is 5.76. The normalized spacial score (nSPS) is 13.6. The van der Waals surface area contributed by atoms with Crippen molar-refractivity contribution < 1.29 is 9.21 Å². The van der Waals surface area contributed by atoms with E-state index in [4.69, 9.17) is 4.42 Å². The van der Waals surface area contributed by atoms with Crippen molar-refractivity contribution in [1.29, 1.82) is 0 Å². The van der Waals surface area contributed by atoms with Gasteiger partial charge in [0.2, 0.25) is 5.91 Å². The Morgan fingerprint density at radius 1 is 1.12 bits per heavy atom. The molecule has 0 saturated heterocycles. The Morgan fingerprint density at radius 3 is 2.58 bits per heavy atom. The second kappa shape index (κ2) is 7.53. The van der Waals surface area contributed by atoms with Gasteiger partial charge in [0, 0.05) is 6.54 Å². The molecular formula is C19H20N2O2S. The summed E-state index contributed by atoms with van der Waals surface area (Å²) in [5.41, 5.74) is 2.77. The van der Waals surface area contributed by atoms with Crippen LogP contribution >= 0.6 is 11.8 Å². The first-order valence-electron chi connectivity index (χ1n) is 7.98. The van der Waals surface area contributed by atoms with Gasteiger partial charge in [-0.05, 0) is 30.5 Å². The Bertz CT molecular complexity index is 783. The van der Waals surface area contributed by atoms with Crippen molar-refractivity contribution in [2.45, 2.75) is 30.2 Å². The number of aromatic nitrogens is 1. The van der Waals surface area contributed by atoms with Crippen LogP contribution in [0.1, 0.15) is 25.3 Å². The molecule has 2 atom stereocenters. The summed E-state index contributed by atoms with van der Waals surface area (Å²) >= 11 is 1.34. The van der Waals surface area contributed by atoms with Crippen LogP contribution in [0.3, 0.4) is 0 Å². The lowest BCUT2D eigenvalue weighted by atomic mass is 10.0. The molecular weight excluding hydrogens is 320 g/mol. The summed E-state index contributed by atoms with van der Waals surface area (Å²) in [7, 11) is 0. The van der Waals surface area contributed by atoms with E-state index >= 15 is 0 Å². The van der Waals surface area contributed by atoms with E-state index in [0.29, 0.717) is 11.8 Å². The highest BCUT2D eigenvalue weighted by Crippen LogP contribution is 2.26. The number of oxazole rings is 1. The SMILES string of the molecule is C[C@H](Sc1nc2ccccc2o1)C(=O)NC[C@H](C)c1ccccc1. The van der Waals surface area contributed by atoms with Gasteiger partial charge in [-0.25, -0.2) is 4.98 Å². The molecule has 2 aromatic carbocycles.